The molecular weight excluding hydrogens is 292 g/mol. The molecule has 128 valence electrons. The predicted molar refractivity (Wildman–Crippen MR) is 90.2 cm³/mol. The van der Waals surface area contributed by atoms with E-state index >= 15 is 0 Å². The lowest BCUT2D eigenvalue weighted by Crippen LogP contribution is -2.39. The van der Waals surface area contributed by atoms with Gasteiger partial charge in [0.25, 0.3) is 0 Å². The summed E-state index contributed by atoms with van der Waals surface area (Å²) in [7, 11) is 0. The lowest BCUT2D eigenvalue weighted by molar-refractivity contribution is -0.0149. The number of carbonyl (C=O) groups excluding carboxylic acids is 1. The zero-order chi connectivity index (χ0) is 16.7. The van der Waals surface area contributed by atoms with Gasteiger partial charge in [-0.1, -0.05) is 24.3 Å². The summed E-state index contributed by atoms with van der Waals surface area (Å²) in [6, 6.07) is 7.93. The summed E-state index contributed by atoms with van der Waals surface area (Å²) in [6.07, 6.45) is 2.27. The van der Waals surface area contributed by atoms with Gasteiger partial charge < -0.3 is 20.1 Å². The fourth-order valence-electron chi connectivity index (χ4n) is 2.39. The molecule has 0 saturated carbocycles. The summed E-state index contributed by atoms with van der Waals surface area (Å²) in [5, 5.41) is 5.73. The Hall–Kier alpha value is -1.59. The Labute approximate surface area is 138 Å². The van der Waals surface area contributed by atoms with Crippen LogP contribution in [0.1, 0.15) is 44.7 Å². The van der Waals surface area contributed by atoms with Crippen molar-refractivity contribution in [3.05, 3.63) is 35.4 Å². The van der Waals surface area contributed by atoms with Gasteiger partial charge in [-0.3, -0.25) is 0 Å². The topological polar surface area (TPSA) is 59.6 Å². The number of hydrogen-bond donors (Lipinski definition) is 2. The molecule has 0 aromatic heterocycles. The Morgan fingerprint density at radius 2 is 2.09 bits per heavy atom. The number of rotatable bonds is 6. The quantitative estimate of drug-likeness (QED) is 0.847. The average molecular weight is 320 g/mol. The van der Waals surface area contributed by atoms with Crippen LogP contribution in [0, 0.1) is 0 Å². The number of ether oxygens (including phenoxy) is 2. The van der Waals surface area contributed by atoms with Crippen molar-refractivity contribution in [3.8, 4) is 0 Å². The molecule has 1 atom stereocenters. The molecule has 1 fully saturated rings. The number of carbonyl (C=O) groups is 1. The van der Waals surface area contributed by atoms with E-state index in [1.165, 1.54) is 0 Å². The van der Waals surface area contributed by atoms with E-state index in [0.29, 0.717) is 19.7 Å². The molecule has 0 unspecified atom stereocenters. The third-order valence-electron chi connectivity index (χ3n) is 3.63. The smallest absolute Gasteiger partial charge is 0.315 e. The Morgan fingerprint density at radius 1 is 1.30 bits per heavy atom. The summed E-state index contributed by atoms with van der Waals surface area (Å²) in [5.41, 5.74) is 2.02. The van der Waals surface area contributed by atoms with Crippen LogP contribution in [0.3, 0.4) is 0 Å². The maximum atomic E-state index is 11.8. The summed E-state index contributed by atoms with van der Waals surface area (Å²) in [5.74, 6) is 0. The summed E-state index contributed by atoms with van der Waals surface area (Å²) >= 11 is 0. The Bertz CT molecular complexity index is 505. The van der Waals surface area contributed by atoms with Gasteiger partial charge in [-0.2, -0.15) is 0 Å². The zero-order valence-corrected chi connectivity index (χ0v) is 14.4. The lowest BCUT2D eigenvalue weighted by atomic mass is 10.1. The molecule has 0 aliphatic carbocycles. The van der Waals surface area contributed by atoms with Gasteiger partial charge in [0.1, 0.15) is 0 Å². The Balaban J connectivity index is 1.73. The van der Waals surface area contributed by atoms with E-state index in [1.54, 1.807) is 0 Å². The second-order valence-corrected chi connectivity index (χ2v) is 6.92. The molecule has 2 amide bonds. The summed E-state index contributed by atoms with van der Waals surface area (Å²) in [6.45, 7) is 8.57. The number of hydrogen-bond acceptors (Lipinski definition) is 3. The van der Waals surface area contributed by atoms with E-state index in [0.717, 1.165) is 30.6 Å². The summed E-state index contributed by atoms with van der Waals surface area (Å²) in [4.78, 5) is 11.8. The van der Waals surface area contributed by atoms with Crippen molar-refractivity contribution in [1.29, 1.82) is 0 Å². The standard InChI is InChI=1S/C18H28N2O3/c1-18(2,3)23-13-15-7-4-6-14(10-15)11-19-17(21)20-12-16-8-5-9-22-16/h4,6-7,10,16H,5,8-9,11-13H2,1-3H3,(H2,19,20,21)/t16-/m0/s1. The predicted octanol–water partition coefficient (Wildman–Crippen LogP) is 2.98. The minimum atomic E-state index is -0.156. The SMILES string of the molecule is CC(C)(C)OCc1cccc(CNC(=O)NC[C@@H]2CCCO2)c1. The van der Waals surface area contributed by atoms with Crippen LogP contribution in [0.25, 0.3) is 0 Å². The fraction of sp³-hybridized carbons (Fsp3) is 0.611. The first kappa shape index (κ1) is 17.8. The van der Waals surface area contributed by atoms with Crippen molar-refractivity contribution < 1.29 is 14.3 Å². The van der Waals surface area contributed by atoms with Gasteiger partial charge in [0.2, 0.25) is 0 Å². The second-order valence-electron chi connectivity index (χ2n) is 6.92. The molecule has 0 bridgehead atoms. The fourth-order valence-corrected chi connectivity index (χ4v) is 2.39. The molecular formula is C18H28N2O3. The highest BCUT2D eigenvalue weighted by Crippen LogP contribution is 2.13. The van der Waals surface area contributed by atoms with E-state index in [4.69, 9.17) is 9.47 Å². The third-order valence-corrected chi connectivity index (χ3v) is 3.63. The van der Waals surface area contributed by atoms with Crippen LogP contribution in [-0.4, -0.2) is 30.9 Å². The molecule has 1 aliphatic rings. The molecule has 1 saturated heterocycles. The highest BCUT2D eigenvalue weighted by Gasteiger charge is 2.16. The van der Waals surface area contributed by atoms with Crippen molar-refractivity contribution in [2.75, 3.05) is 13.2 Å². The molecule has 1 aromatic rings. The van der Waals surface area contributed by atoms with Crippen LogP contribution in [0.5, 0.6) is 0 Å². The van der Waals surface area contributed by atoms with Crippen molar-refractivity contribution in [3.63, 3.8) is 0 Å². The third kappa shape index (κ3) is 7.01. The number of nitrogens with one attached hydrogen (secondary N) is 2. The van der Waals surface area contributed by atoms with Crippen LogP contribution in [0.15, 0.2) is 24.3 Å². The largest absolute Gasteiger partial charge is 0.376 e. The molecule has 0 radical (unpaired) electrons. The van der Waals surface area contributed by atoms with Gasteiger partial charge in [0.15, 0.2) is 0 Å². The van der Waals surface area contributed by atoms with Crippen LogP contribution in [-0.2, 0) is 22.6 Å². The van der Waals surface area contributed by atoms with Gasteiger partial charge >= 0.3 is 6.03 Å². The van der Waals surface area contributed by atoms with Gasteiger partial charge in [0, 0.05) is 19.7 Å². The van der Waals surface area contributed by atoms with Crippen LogP contribution < -0.4 is 10.6 Å². The molecule has 5 nitrogen and oxygen atoms in total. The van der Waals surface area contributed by atoms with Crippen molar-refractivity contribution in [2.45, 2.75) is 58.5 Å². The first-order valence-corrected chi connectivity index (χ1v) is 8.27. The van der Waals surface area contributed by atoms with E-state index in [1.807, 2.05) is 39.0 Å². The van der Waals surface area contributed by atoms with E-state index in [9.17, 15) is 4.79 Å². The van der Waals surface area contributed by atoms with E-state index < -0.39 is 0 Å². The normalized spacial score (nSPS) is 18.0. The molecule has 1 aliphatic heterocycles. The maximum Gasteiger partial charge on any atom is 0.315 e. The minimum absolute atomic E-state index is 0.156. The van der Waals surface area contributed by atoms with Gasteiger partial charge in [0.05, 0.1) is 18.3 Å². The van der Waals surface area contributed by atoms with Crippen LogP contribution >= 0.6 is 0 Å². The molecule has 5 heteroatoms. The monoisotopic (exact) mass is 320 g/mol. The zero-order valence-electron chi connectivity index (χ0n) is 14.4. The molecule has 2 N–H and O–H groups in total. The minimum Gasteiger partial charge on any atom is -0.376 e. The molecule has 1 aromatic carbocycles. The van der Waals surface area contributed by atoms with E-state index in [-0.39, 0.29) is 17.7 Å². The molecule has 2 rings (SSSR count). The molecule has 23 heavy (non-hydrogen) atoms. The highest BCUT2D eigenvalue weighted by atomic mass is 16.5. The first-order chi connectivity index (χ1) is 10.9. The van der Waals surface area contributed by atoms with Crippen LogP contribution in [0.4, 0.5) is 4.79 Å². The average Bonchev–Trinajstić information content (AvgIpc) is 3.02. The lowest BCUT2D eigenvalue weighted by Gasteiger charge is -2.19. The number of amides is 2. The van der Waals surface area contributed by atoms with Gasteiger partial charge in [-0.05, 0) is 44.7 Å². The van der Waals surface area contributed by atoms with Gasteiger partial charge in [-0.15, -0.1) is 0 Å². The van der Waals surface area contributed by atoms with Gasteiger partial charge in [-0.25, -0.2) is 4.79 Å². The molecule has 0 spiro atoms. The van der Waals surface area contributed by atoms with Crippen molar-refractivity contribution in [2.24, 2.45) is 0 Å². The number of benzene rings is 1. The number of urea groups is 1. The van der Waals surface area contributed by atoms with Crippen molar-refractivity contribution >= 4 is 6.03 Å². The first-order valence-electron chi connectivity index (χ1n) is 8.27. The maximum absolute atomic E-state index is 11.8. The second kappa shape index (κ2) is 8.31. The van der Waals surface area contributed by atoms with E-state index in [2.05, 4.69) is 16.7 Å². The van der Waals surface area contributed by atoms with Crippen molar-refractivity contribution in [1.82, 2.24) is 10.6 Å². The molecule has 1 heterocycles. The Kier molecular flexibility index (Phi) is 6.42. The highest BCUT2D eigenvalue weighted by molar-refractivity contribution is 5.73. The Morgan fingerprint density at radius 3 is 2.78 bits per heavy atom. The van der Waals surface area contributed by atoms with Crippen LogP contribution in [0.2, 0.25) is 0 Å². The summed E-state index contributed by atoms with van der Waals surface area (Å²) < 4.78 is 11.3.